The molecule has 0 fully saturated rings. The zero-order chi connectivity index (χ0) is 22.6. The second-order valence-corrected chi connectivity index (χ2v) is 7.71. The van der Waals surface area contributed by atoms with Gasteiger partial charge in [-0.3, -0.25) is 5.01 Å². The van der Waals surface area contributed by atoms with E-state index in [4.69, 9.17) is 0 Å². The van der Waals surface area contributed by atoms with Crippen molar-refractivity contribution < 1.29 is 30.7 Å². The quantitative estimate of drug-likeness (QED) is 0.318. The number of nitrogens with one attached hydrogen (secondary N) is 2. The lowest BCUT2D eigenvalue weighted by molar-refractivity contribution is -0.274. The summed E-state index contributed by atoms with van der Waals surface area (Å²) >= 11 is 0. The Labute approximate surface area is 174 Å². The van der Waals surface area contributed by atoms with Gasteiger partial charge in [-0.15, -0.1) is 18.0 Å². The second-order valence-electron chi connectivity index (χ2n) is 6.04. The molecule has 0 aliphatic carbocycles. The van der Waals surface area contributed by atoms with Gasteiger partial charge in [0.1, 0.15) is 11.6 Å². The van der Waals surface area contributed by atoms with Gasteiger partial charge in [0.2, 0.25) is 0 Å². The summed E-state index contributed by atoms with van der Waals surface area (Å²) in [5.74, 6) is -0.605. The summed E-state index contributed by atoms with van der Waals surface area (Å²) in [6.45, 7) is 0. The average Bonchev–Trinajstić information content (AvgIpc) is 2.68. The Kier molecular flexibility index (Phi) is 6.27. The third kappa shape index (κ3) is 6.26. The number of ether oxygens (including phenoxy) is 1. The number of halogens is 4. The molecule has 0 atom stereocenters. The summed E-state index contributed by atoms with van der Waals surface area (Å²) in [7, 11) is -2.63. The van der Waals surface area contributed by atoms with E-state index in [0.29, 0.717) is 0 Å². The molecule has 0 unspecified atom stereocenters. The molecule has 8 nitrogen and oxygen atoms in total. The zero-order valence-corrected chi connectivity index (χ0v) is 16.6. The Hall–Kier alpha value is -3.45. The van der Waals surface area contributed by atoms with Crippen LogP contribution in [0.25, 0.3) is 0 Å². The number of hydrogen-bond acceptors (Lipinski definition) is 7. The fraction of sp³-hybridized carbons (Fsp3) is 0.111. The number of benzene rings is 2. The van der Waals surface area contributed by atoms with Crippen LogP contribution < -0.4 is 19.9 Å². The van der Waals surface area contributed by atoms with Crippen LogP contribution in [0.15, 0.2) is 65.6 Å². The Balaban J connectivity index is 1.75. The molecule has 0 saturated carbocycles. The van der Waals surface area contributed by atoms with E-state index in [9.17, 15) is 26.0 Å². The molecular formula is C18H15F4N5O3S. The van der Waals surface area contributed by atoms with Crippen molar-refractivity contribution >= 4 is 27.3 Å². The first-order valence-electron chi connectivity index (χ1n) is 8.50. The Morgan fingerprint density at radius 3 is 2.26 bits per heavy atom. The van der Waals surface area contributed by atoms with Gasteiger partial charge >= 0.3 is 12.4 Å². The Morgan fingerprint density at radius 1 is 1.00 bits per heavy atom. The molecule has 0 amide bonds. The fourth-order valence-electron chi connectivity index (χ4n) is 2.41. The van der Waals surface area contributed by atoms with Crippen LogP contribution in [0.4, 0.5) is 34.9 Å². The van der Waals surface area contributed by atoms with Crippen LogP contribution in [0.2, 0.25) is 0 Å². The number of anilines is 3. The molecule has 13 heteroatoms. The van der Waals surface area contributed by atoms with Crippen LogP contribution in [0.1, 0.15) is 0 Å². The lowest BCUT2D eigenvalue weighted by atomic mass is 10.3. The third-order valence-corrected chi connectivity index (χ3v) is 5.11. The smallest absolute Gasteiger partial charge is 0.406 e. The van der Waals surface area contributed by atoms with Gasteiger partial charge in [-0.1, -0.05) is 18.2 Å². The van der Waals surface area contributed by atoms with E-state index in [0.717, 1.165) is 17.1 Å². The molecule has 3 aromatic rings. The summed E-state index contributed by atoms with van der Waals surface area (Å²) in [6, 6.07) is 13.4. The van der Waals surface area contributed by atoms with E-state index in [-0.39, 0.29) is 22.2 Å². The largest absolute Gasteiger partial charge is 0.573 e. The second kappa shape index (κ2) is 8.73. The van der Waals surface area contributed by atoms with Crippen LogP contribution in [-0.4, -0.2) is 31.8 Å². The van der Waals surface area contributed by atoms with Gasteiger partial charge in [-0.2, -0.15) is 14.4 Å². The van der Waals surface area contributed by atoms with Crippen LogP contribution in [0.3, 0.4) is 0 Å². The highest BCUT2D eigenvalue weighted by atomic mass is 32.2. The van der Waals surface area contributed by atoms with Gasteiger partial charge in [0.25, 0.3) is 10.0 Å². The SMILES string of the molecule is CN(NS(=O)(=O)c1ccccc1)c1cc(Nc2ccc(OC(F)(F)F)cc2)nc(F)n1. The molecule has 0 saturated heterocycles. The first kappa shape index (κ1) is 22.2. The van der Waals surface area contributed by atoms with Gasteiger partial charge < -0.3 is 10.1 Å². The third-order valence-electron chi connectivity index (χ3n) is 3.70. The zero-order valence-electron chi connectivity index (χ0n) is 15.8. The van der Waals surface area contributed by atoms with Crippen molar-refractivity contribution in [3.8, 4) is 5.75 Å². The summed E-state index contributed by atoms with van der Waals surface area (Å²) < 4.78 is 79.2. The molecule has 0 bridgehead atoms. The van der Waals surface area contributed by atoms with E-state index in [2.05, 4.69) is 24.9 Å². The van der Waals surface area contributed by atoms with E-state index in [1.54, 1.807) is 18.2 Å². The molecule has 0 aliphatic rings. The highest BCUT2D eigenvalue weighted by Gasteiger charge is 2.31. The number of hydrogen-bond donors (Lipinski definition) is 2. The lowest BCUT2D eigenvalue weighted by Crippen LogP contribution is -2.40. The monoisotopic (exact) mass is 457 g/mol. The lowest BCUT2D eigenvalue weighted by Gasteiger charge is -2.20. The number of hydrazine groups is 1. The molecule has 164 valence electrons. The number of nitrogens with zero attached hydrogens (tertiary/aromatic N) is 3. The first-order valence-corrected chi connectivity index (χ1v) is 9.99. The minimum Gasteiger partial charge on any atom is -0.406 e. The van der Waals surface area contributed by atoms with Gasteiger partial charge in [-0.05, 0) is 36.4 Å². The number of rotatable bonds is 7. The molecule has 0 aliphatic heterocycles. The minimum absolute atomic E-state index is 0.00380. The summed E-state index contributed by atoms with van der Waals surface area (Å²) in [5, 5.41) is 3.68. The van der Waals surface area contributed by atoms with Crippen molar-refractivity contribution in [2.75, 3.05) is 17.4 Å². The fourth-order valence-corrected chi connectivity index (χ4v) is 3.48. The maximum atomic E-state index is 13.9. The van der Waals surface area contributed by atoms with Crippen molar-refractivity contribution in [1.29, 1.82) is 0 Å². The van der Waals surface area contributed by atoms with Crippen molar-refractivity contribution in [1.82, 2.24) is 14.8 Å². The van der Waals surface area contributed by atoms with E-state index in [1.165, 1.54) is 37.4 Å². The van der Waals surface area contributed by atoms with Gasteiger partial charge in [0.05, 0.1) is 4.90 Å². The number of alkyl halides is 3. The summed E-state index contributed by atoms with van der Waals surface area (Å²) in [6.07, 6.45) is -5.97. The van der Waals surface area contributed by atoms with Crippen molar-refractivity contribution in [3.63, 3.8) is 0 Å². The van der Waals surface area contributed by atoms with Crippen molar-refractivity contribution in [3.05, 3.63) is 66.7 Å². The molecule has 1 aromatic heterocycles. The predicted octanol–water partition coefficient (Wildman–Crippen LogP) is 3.59. The Bertz CT molecular complexity index is 1140. The van der Waals surface area contributed by atoms with Crippen LogP contribution >= 0.6 is 0 Å². The maximum Gasteiger partial charge on any atom is 0.573 e. The standard InChI is InChI=1S/C18H15F4N5O3S/c1-27(26-31(28,29)14-5-3-2-4-6-14)16-11-15(24-17(19)25-16)23-12-7-9-13(10-8-12)30-18(20,21)22/h2-11,26H,1H3,(H,23,24,25). The number of aromatic nitrogens is 2. The molecule has 0 radical (unpaired) electrons. The highest BCUT2D eigenvalue weighted by Crippen LogP contribution is 2.25. The molecule has 3 rings (SSSR count). The molecule has 31 heavy (non-hydrogen) atoms. The molecule has 1 heterocycles. The van der Waals surface area contributed by atoms with Crippen molar-refractivity contribution in [2.45, 2.75) is 11.3 Å². The van der Waals surface area contributed by atoms with Crippen LogP contribution in [0, 0.1) is 6.08 Å². The number of sulfonamides is 1. The molecule has 2 aromatic carbocycles. The van der Waals surface area contributed by atoms with Gasteiger partial charge in [0, 0.05) is 18.8 Å². The minimum atomic E-state index is -4.82. The highest BCUT2D eigenvalue weighted by molar-refractivity contribution is 7.89. The Morgan fingerprint density at radius 2 is 1.65 bits per heavy atom. The maximum absolute atomic E-state index is 13.9. The normalized spacial score (nSPS) is 11.8. The van der Waals surface area contributed by atoms with Gasteiger partial charge in [-0.25, -0.2) is 8.42 Å². The summed E-state index contributed by atoms with van der Waals surface area (Å²) in [5.41, 5.74) is 0.283. The molecule has 2 N–H and O–H groups in total. The first-order chi connectivity index (χ1) is 14.5. The predicted molar refractivity (Wildman–Crippen MR) is 104 cm³/mol. The van der Waals surface area contributed by atoms with Crippen LogP contribution in [-0.2, 0) is 10.0 Å². The van der Waals surface area contributed by atoms with E-state index < -0.39 is 28.2 Å². The summed E-state index contributed by atoms with van der Waals surface area (Å²) in [4.78, 5) is 9.32. The average molecular weight is 457 g/mol. The van der Waals surface area contributed by atoms with Crippen molar-refractivity contribution in [2.24, 2.45) is 0 Å². The van der Waals surface area contributed by atoms with E-state index in [1.807, 2.05) is 0 Å². The van der Waals surface area contributed by atoms with Gasteiger partial charge in [0.15, 0.2) is 5.82 Å². The molecule has 0 spiro atoms. The van der Waals surface area contributed by atoms with Crippen LogP contribution in [0.5, 0.6) is 5.75 Å². The topological polar surface area (TPSA) is 96.5 Å². The molecular weight excluding hydrogens is 442 g/mol. The van der Waals surface area contributed by atoms with E-state index >= 15 is 0 Å².